The minimum Gasteiger partial charge on any atom is -0.289 e. The molecule has 0 saturated heterocycles. The maximum atomic E-state index is 13.3. The predicted molar refractivity (Wildman–Crippen MR) is 81.0 cm³/mol. The predicted octanol–water partition coefficient (Wildman–Crippen LogP) is 4.22. The van der Waals surface area contributed by atoms with E-state index in [9.17, 15) is 9.18 Å². The van der Waals surface area contributed by atoms with Gasteiger partial charge in [-0.2, -0.15) is 0 Å². The van der Waals surface area contributed by atoms with Gasteiger partial charge in [0.15, 0.2) is 5.78 Å². The molecule has 0 spiro atoms. The van der Waals surface area contributed by atoms with Gasteiger partial charge in [0.1, 0.15) is 5.82 Å². The van der Waals surface area contributed by atoms with Gasteiger partial charge < -0.3 is 0 Å². The van der Waals surface area contributed by atoms with Crippen molar-refractivity contribution in [1.29, 1.82) is 0 Å². The second-order valence-corrected chi connectivity index (χ2v) is 5.15. The van der Waals surface area contributed by atoms with Crippen molar-refractivity contribution < 1.29 is 9.18 Å². The average Bonchev–Trinajstić information content (AvgIpc) is 2.49. The molecule has 0 aliphatic carbocycles. The van der Waals surface area contributed by atoms with Crippen LogP contribution in [0.5, 0.6) is 0 Å². The summed E-state index contributed by atoms with van der Waals surface area (Å²) in [7, 11) is 0. The van der Waals surface area contributed by atoms with Gasteiger partial charge in [0, 0.05) is 22.2 Å². The van der Waals surface area contributed by atoms with Crippen LogP contribution in [-0.4, -0.2) is 10.8 Å². The third-order valence-electron chi connectivity index (χ3n) is 3.51. The molecule has 1 heterocycles. The number of pyridine rings is 1. The molecule has 21 heavy (non-hydrogen) atoms. The number of aryl methyl sites for hydroxylation is 2. The summed E-state index contributed by atoms with van der Waals surface area (Å²) in [6, 6.07) is 13.7. The molecule has 0 N–H and O–H groups in total. The van der Waals surface area contributed by atoms with Crippen molar-refractivity contribution in [2.75, 3.05) is 0 Å². The van der Waals surface area contributed by atoms with E-state index in [1.54, 1.807) is 19.1 Å². The van der Waals surface area contributed by atoms with Crippen molar-refractivity contribution in [3.8, 4) is 0 Å². The first-order valence-electron chi connectivity index (χ1n) is 6.73. The van der Waals surface area contributed by atoms with Crippen LogP contribution in [-0.2, 0) is 0 Å². The second-order valence-electron chi connectivity index (χ2n) is 5.15. The number of aromatic nitrogens is 1. The summed E-state index contributed by atoms with van der Waals surface area (Å²) in [6.45, 7) is 3.58. The van der Waals surface area contributed by atoms with Crippen LogP contribution >= 0.6 is 0 Å². The Morgan fingerprint density at radius 2 is 1.67 bits per heavy atom. The maximum Gasteiger partial charge on any atom is 0.193 e. The molecule has 0 aliphatic rings. The Labute approximate surface area is 122 Å². The Morgan fingerprint density at radius 1 is 0.952 bits per heavy atom. The fourth-order valence-electron chi connectivity index (χ4n) is 2.32. The molecule has 2 nitrogen and oxygen atoms in total. The summed E-state index contributed by atoms with van der Waals surface area (Å²) in [6.07, 6.45) is 0. The van der Waals surface area contributed by atoms with E-state index in [2.05, 4.69) is 4.98 Å². The fraction of sp³-hybridized carbons (Fsp3) is 0.111. The lowest BCUT2D eigenvalue weighted by Gasteiger charge is -2.05. The summed E-state index contributed by atoms with van der Waals surface area (Å²) in [5.74, 6) is -0.412. The van der Waals surface area contributed by atoms with Crippen molar-refractivity contribution in [2.24, 2.45) is 0 Å². The van der Waals surface area contributed by atoms with Crippen LogP contribution in [0.2, 0.25) is 0 Å². The van der Waals surface area contributed by atoms with E-state index in [-0.39, 0.29) is 11.6 Å². The number of fused-ring (bicyclic) bond motifs is 1. The van der Waals surface area contributed by atoms with Crippen LogP contribution in [0.25, 0.3) is 10.9 Å². The molecule has 0 fully saturated rings. The SMILES string of the molecule is Cc1ccc2cc(C(=O)c3ccc(F)c(C)c3)ccc2n1. The van der Waals surface area contributed by atoms with Crippen molar-refractivity contribution in [2.45, 2.75) is 13.8 Å². The van der Waals surface area contributed by atoms with Gasteiger partial charge in [0.05, 0.1) is 5.52 Å². The lowest BCUT2D eigenvalue weighted by atomic mass is 10.00. The summed E-state index contributed by atoms with van der Waals surface area (Å²) < 4.78 is 13.3. The van der Waals surface area contributed by atoms with Crippen molar-refractivity contribution in [1.82, 2.24) is 4.98 Å². The molecule has 0 atom stereocenters. The Balaban J connectivity index is 2.04. The van der Waals surface area contributed by atoms with E-state index in [0.29, 0.717) is 16.7 Å². The van der Waals surface area contributed by atoms with Gasteiger partial charge in [-0.15, -0.1) is 0 Å². The molecule has 104 valence electrons. The van der Waals surface area contributed by atoms with E-state index in [1.807, 2.05) is 31.2 Å². The number of nitrogens with zero attached hydrogens (tertiary/aromatic N) is 1. The number of rotatable bonds is 2. The highest BCUT2D eigenvalue weighted by Crippen LogP contribution is 2.19. The number of carbonyl (C=O) groups is 1. The number of halogens is 1. The fourth-order valence-corrected chi connectivity index (χ4v) is 2.32. The van der Waals surface area contributed by atoms with Crippen LogP contribution < -0.4 is 0 Å². The molecule has 0 saturated carbocycles. The number of benzene rings is 2. The molecule has 0 bridgehead atoms. The van der Waals surface area contributed by atoms with E-state index < -0.39 is 0 Å². The van der Waals surface area contributed by atoms with Gasteiger partial charge in [-0.3, -0.25) is 9.78 Å². The van der Waals surface area contributed by atoms with Crippen molar-refractivity contribution in [3.05, 3.63) is 76.7 Å². The number of hydrogen-bond acceptors (Lipinski definition) is 2. The minimum atomic E-state index is -0.301. The summed E-state index contributed by atoms with van der Waals surface area (Å²) >= 11 is 0. The highest BCUT2D eigenvalue weighted by Gasteiger charge is 2.11. The highest BCUT2D eigenvalue weighted by molar-refractivity contribution is 6.10. The van der Waals surface area contributed by atoms with Crippen molar-refractivity contribution in [3.63, 3.8) is 0 Å². The molecular weight excluding hydrogens is 265 g/mol. The standard InChI is InChI=1S/C18H14FNO/c1-11-9-14(5-7-16(11)19)18(21)15-6-8-17-13(10-15)4-3-12(2)20-17/h3-10H,1-2H3. The van der Waals surface area contributed by atoms with Crippen LogP contribution in [0.1, 0.15) is 27.2 Å². The Morgan fingerprint density at radius 3 is 2.43 bits per heavy atom. The van der Waals surface area contributed by atoms with Gasteiger partial charge in [-0.05, 0) is 61.9 Å². The molecule has 3 aromatic rings. The zero-order valence-corrected chi connectivity index (χ0v) is 11.9. The zero-order valence-electron chi connectivity index (χ0n) is 11.9. The molecule has 0 radical (unpaired) electrons. The van der Waals surface area contributed by atoms with Crippen LogP contribution in [0, 0.1) is 19.7 Å². The molecule has 0 aliphatic heterocycles. The number of ketones is 1. The summed E-state index contributed by atoms with van der Waals surface area (Å²) in [5.41, 5.74) is 3.35. The molecule has 3 heteroatoms. The van der Waals surface area contributed by atoms with E-state index in [4.69, 9.17) is 0 Å². The minimum absolute atomic E-state index is 0.111. The smallest absolute Gasteiger partial charge is 0.193 e. The van der Waals surface area contributed by atoms with Crippen LogP contribution in [0.3, 0.4) is 0 Å². The Bertz CT molecular complexity index is 855. The zero-order chi connectivity index (χ0) is 15.0. The molecule has 0 amide bonds. The molecule has 1 aromatic heterocycles. The number of carbonyl (C=O) groups excluding carboxylic acids is 1. The van der Waals surface area contributed by atoms with Crippen molar-refractivity contribution >= 4 is 16.7 Å². The van der Waals surface area contributed by atoms with Gasteiger partial charge in [-0.1, -0.05) is 6.07 Å². The number of hydrogen-bond donors (Lipinski definition) is 0. The molecule has 3 rings (SSSR count). The van der Waals surface area contributed by atoms with E-state index in [0.717, 1.165) is 16.6 Å². The second kappa shape index (κ2) is 5.09. The first-order valence-corrected chi connectivity index (χ1v) is 6.73. The van der Waals surface area contributed by atoms with Gasteiger partial charge in [0.2, 0.25) is 0 Å². The van der Waals surface area contributed by atoms with Crippen LogP contribution in [0.15, 0.2) is 48.5 Å². The molecule has 2 aromatic carbocycles. The van der Waals surface area contributed by atoms with Crippen LogP contribution in [0.4, 0.5) is 4.39 Å². The average molecular weight is 279 g/mol. The third kappa shape index (κ3) is 2.55. The van der Waals surface area contributed by atoms with E-state index >= 15 is 0 Å². The third-order valence-corrected chi connectivity index (χ3v) is 3.51. The van der Waals surface area contributed by atoms with Gasteiger partial charge in [0.25, 0.3) is 0 Å². The Hall–Kier alpha value is -2.55. The quantitative estimate of drug-likeness (QED) is 0.657. The first-order chi connectivity index (χ1) is 10.0. The lowest BCUT2D eigenvalue weighted by Crippen LogP contribution is -2.02. The molecular formula is C18H14FNO. The normalized spacial score (nSPS) is 10.8. The summed E-state index contributed by atoms with van der Waals surface area (Å²) in [5, 5.41) is 0.922. The summed E-state index contributed by atoms with van der Waals surface area (Å²) in [4.78, 5) is 16.9. The largest absolute Gasteiger partial charge is 0.289 e. The lowest BCUT2D eigenvalue weighted by molar-refractivity contribution is 0.103. The first kappa shape index (κ1) is 13.4. The van der Waals surface area contributed by atoms with Gasteiger partial charge >= 0.3 is 0 Å². The molecule has 0 unspecified atom stereocenters. The monoisotopic (exact) mass is 279 g/mol. The Kier molecular flexibility index (Phi) is 3.26. The highest BCUT2D eigenvalue weighted by atomic mass is 19.1. The topological polar surface area (TPSA) is 30.0 Å². The van der Waals surface area contributed by atoms with E-state index in [1.165, 1.54) is 12.1 Å². The maximum absolute atomic E-state index is 13.3. The van der Waals surface area contributed by atoms with Gasteiger partial charge in [-0.25, -0.2) is 4.39 Å².